The SMILES string of the molecule is CNC(=O)[C@H]1CCCN(c2nc3ncn(CC(=O)Nc4cc(Cl)ccc4C)c(=O)c3s2)C1. The van der Waals surface area contributed by atoms with Crippen molar-refractivity contribution in [3.05, 3.63) is 45.5 Å². The van der Waals surface area contributed by atoms with Crippen LogP contribution in [0.15, 0.2) is 29.3 Å². The number of benzene rings is 1. The highest BCUT2D eigenvalue weighted by Gasteiger charge is 2.27. The molecule has 1 aromatic carbocycles. The van der Waals surface area contributed by atoms with Crippen molar-refractivity contribution in [1.29, 1.82) is 0 Å². The van der Waals surface area contributed by atoms with Crippen LogP contribution in [-0.4, -0.2) is 46.5 Å². The maximum atomic E-state index is 13.0. The van der Waals surface area contributed by atoms with Crippen molar-refractivity contribution in [2.75, 3.05) is 30.4 Å². The third-order valence-electron chi connectivity index (χ3n) is 5.47. The zero-order chi connectivity index (χ0) is 22.8. The summed E-state index contributed by atoms with van der Waals surface area (Å²) in [6.45, 7) is 3.00. The van der Waals surface area contributed by atoms with Crippen LogP contribution in [-0.2, 0) is 16.1 Å². The summed E-state index contributed by atoms with van der Waals surface area (Å²) in [5, 5.41) is 6.66. The van der Waals surface area contributed by atoms with Gasteiger partial charge < -0.3 is 15.5 Å². The minimum absolute atomic E-state index is 0.0113. The molecule has 0 spiro atoms. The summed E-state index contributed by atoms with van der Waals surface area (Å²) in [6.07, 6.45) is 3.03. The van der Waals surface area contributed by atoms with Gasteiger partial charge in [0.05, 0.1) is 5.92 Å². The molecule has 2 N–H and O–H groups in total. The minimum Gasteiger partial charge on any atom is -0.359 e. The van der Waals surface area contributed by atoms with Crippen molar-refractivity contribution < 1.29 is 9.59 Å². The molecule has 2 aromatic heterocycles. The van der Waals surface area contributed by atoms with E-state index in [2.05, 4.69) is 20.6 Å². The first-order valence-corrected chi connectivity index (χ1v) is 11.4. The van der Waals surface area contributed by atoms with Crippen LogP contribution >= 0.6 is 22.9 Å². The molecule has 9 nitrogen and oxygen atoms in total. The van der Waals surface area contributed by atoms with E-state index in [1.54, 1.807) is 19.2 Å². The van der Waals surface area contributed by atoms with Crippen molar-refractivity contribution in [3.63, 3.8) is 0 Å². The summed E-state index contributed by atoms with van der Waals surface area (Å²) in [5.41, 5.74) is 1.49. The van der Waals surface area contributed by atoms with Gasteiger partial charge in [0.1, 0.15) is 17.6 Å². The normalized spacial score (nSPS) is 16.2. The molecule has 168 valence electrons. The Morgan fingerprint density at radius 3 is 2.94 bits per heavy atom. The largest absolute Gasteiger partial charge is 0.359 e. The number of halogens is 1. The van der Waals surface area contributed by atoms with Crippen LogP contribution in [0.5, 0.6) is 0 Å². The van der Waals surface area contributed by atoms with E-state index >= 15 is 0 Å². The van der Waals surface area contributed by atoms with E-state index in [4.69, 9.17) is 11.6 Å². The van der Waals surface area contributed by atoms with Crippen LogP contribution in [0.4, 0.5) is 10.8 Å². The third kappa shape index (κ3) is 4.61. The Labute approximate surface area is 193 Å². The third-order valence-corrected chi connectivity index (χ3v) is 6.80. The van der Waals surface area contributed by atoms with Crippen molar-refractivity contribution in [3.8, 4) is 0 Å². The molecule has 3 aromatic rings. The number of anilines is 2. The zero-order valence-corrected chi connectivity index (χ0v) is 19.3. The van der Waals surface area contributed by atoms with Crippen LogP contribution in [0, 0.1) is 12.8 Å². The molecule has 11 heteroatoms. The van der Waals surface area contributed by atoms with E-state index in [0.29, 0.717) is 32.7 Å². The van der Waals surface area contributed by atoms with Crippen molar-refractivity contribution in [2.45, 2.75) is 26.3 Å². The Hall–Kier alpha value is -2.98. The number of thiazole rings is 1. The smallest absolute Gasteiger partial charge is 0.273 e. The summed E-state index contributed by atoms with van der Waals surface area (Å²) in [4.78, 5) is 48.3. The lowest BCUT2D eigenvalue weighted by Gasteiger charge is -2.31. The van der Waals surface area contributed by atoms with Gasteiger partial charge in [0.25, 0.3) is 5.56 Å². The average molecular weight is 475 g/mol. The number of amides is 2. The Bertz CT molecular complexity index is 1240. The number of fused-ring (bicyclic) bond motifs is 1. The molecule has 0 radical (unpaired) electrons. The quantitative estimate of drug-likeness (QED) is 0.587. The summed E-state index contributed by atoms with van der Waals surface area (Å²) >= 11 is 7.24. The fourth-order valence-electron chi connectivity index (χ4n) is 3.73. The molecule has 32 heavy (non-hydrogen) atoms. The summed E-state index contributed by atoms with van der Waals surface area (Å²) in [6, 6.07) is 5.22. The number of hydrogen-bond donors (Lipinski definition) is 2. The predicted octanol–water partition coefficient (Wildman–Crippen LogP) is 2.42. The number of carbonyl (C=O) groups is 2. The average Bonchev–Trinajstić information content (AvgIpc) is 3.23. The van der Waals surface area contributed by atoms with Gasteiger partial charge in [0.15, 0.2) is 10.8 Å². The second-order valence-electron chi connectivity index (χ2n) is 7.73. The first-order chi connectivity index (χ1) is 15.4. The summed E-state index contributed by atoms with van der Waals surface area (Å²) < 4.78 is 1.65. The lowest BCUT2D eigenvalue weighted by molar-refractivity contribution is -0.124. The molecule has 1 saturated heterocycles. The first kappa shape index (κ1) is 22.2. The maximum Gasteiger partial charge on any atom is 0.273 e. The highest BCUT2D eigenvalue weighted by Crippen LogP contribution is 2.29. The Balaban J connectivity index is 1.53. The van der Waals surface area contributed by atoms with E-state index in [1.165, 1.54) is 22.2 Å². The topological polar surface area (TPSA) is 109 Å². The summed E-state index contributed by atoms with van der Waals surface area (Å²) in [5.74, 6) is -0.450. The van der Waals surface area contributed by atoms with Gasteiger partial charge in [-0.25, -0.2) is 4.98 Å². The van der Waals surface area contributed by atoms with Crippen LogP contribution in [0.3, 0.4) is 0 Å². The molecule has 2 amide bonds. The lowest BCUT2D eigenvalue weighted by Crippen LogP contribution is -2.42. The van der Waals surface area contributed by atoms with Gasteiger partial charge in [-0.15, -0.1) is 0 Å². The molecular weight excluding hydrogens is 452 g/mol. The fourth-order valence-corrected chi connectivity index (χ4v) is 4.90. The van der Waals surface area contributed by atoms with Gasteiger partial charge in [-0.05, 0) is 37.5 Å². The number of carbonyl (C=O) groups excluding carboxylic acids is 2. The van der Waals surface area contributed by atoms with Gasteiger partial charge in [-0.2, -0.15) is 4.98 Å². The van der Waals surface area contributed by atoms with Crippen molar-refractivity contribution >= 4 is 55.9 Å². The number of piperidine rings is 1. The second-order valence-corrected chi connectivity index (χ2v) is 9.15. The lowest BCUT2D eigenvalue weighted by atomic mass is 9.98. The first-order valence-electron chi connectivity index (χ1n) is 10.2. The monoisotopic (exact) mass is 474 g/mol. The van der Waals surface area contributed by atoms with Gasteiger partial charge in [-0.1, -0.05) is 29.0 Å². The highest BCUT2D eigenvalue weighted by molar-refractivity contribution is 7.22. The molecule has 0 saturated carbocycles. The number of nitrogens with zero attached hydrogens (tertiary/aromatic N) is 4. The minimum atomic E-state index is -0.354. The van der Waals surface area contributed by atoms with Gasteiger partial charge in [0, 0.05) is 30.8 Å². The van der Waals surface area contributed by atoms with Crippen LogP contribution in [0.25, 0.3) is 10.3 Å². The second kappa shape index (κ2) is 9.25. The number of aryl methyl sites for hydroxylation is 1. The van der Waals surface area contributed by atoms with Crippen molar-refractivity contribution in [2.24, 2.45) is 5.92 Å². The number of hydrogen-bond acceptors (Lipinski definition) is 7. The van der Waals surface area contributed by atoms with Crippen LogP contribution < -0.4 is 21.1 Å². The van der Waals surface area contributed by atoms with E-state index in [0.717, 1.165) is 24.9 Å². The number of aromatic nitrogens is 3. The molecule has 1 aliphatic rings. The molecule has 1 aliphatic heterocycles. The maximum absolute atomic E-state index is 13.0. The van der Waals surface area contributed by atoms with E-state index in [1.807, 2.05) is 17.9 Å². The van der Waals surface area contributed by atoms with Crippen LogP contribution in [0.1, 0.15) is 18.4 Å². The molecule has 1 atom stereocenters. The van der Waals surface area contributed by atoms with Crippen LogP contribution in [0.2, 0.25) is 5.02 Å². The molecule has 4 rings (SSSR count). The number of rotatable bonds is 5. The predicted molar refractivity (Wildman–Crippen MR) is 125 cm³/mol. The zero-order valence-electron chi connectivity index (χ0n) is 17.7. The molecule has 3 heterocycles. The Kier molecular flexibility index (Phi) is 6.43. The molecular formula is C21H23ClN6O3S. The van der Waals surface area contributed by atoms with Gasteiger partial charge in [-0.3, -0.25) is 19.0 Å². The molecule has 0 aliphatic carbocycles. The van der Waals surface area contributed by atoms with Crippen molar-refractivity contribution in [1.82, 2.24) is 19.9 Å². The highest BCUT2D eigenvalue weighted by atomic mass is 35.5. The van der Waals surface area contributed by atoms with E-state index in [-0.39, 0.29) is 29.8 Å². The fraction of sp³-hybridized carbons (Fsp3) is 0.381. The van der Waals surface area contributed by atoms with Gasteiger partial charge in [0.2, 0.25) is 11.8 Å². The molecule has 1 fully saturated rings. The standard InChI is InChI=1S/C21H23ClN6O3S/c1-12-5-6-14(22)8-15(12)25-16(29)10-28-11-24-18-17(20(28)31)32-21(26-18)27-7-3-4-13(9-27)19(30)23-2/h5-6,8,11,13H,3-4,7,9-10H2,1-2H3,(H,23,30)(H,25,29)/t13-/m0/s1. The summed E-state index contributed by atoms with van der Waals surface area (Å²) in [7, 11) is 1.63. The Morgan fingerprint density at radius 2 is 2.16 bits per heavy atom. The Morgan fingerprint density at radius 1 is 1.34 bits per heavy atom. The number of nitrogens with one attached hydrogen (secondary N) is 2. The molecule has 0 bridgehead atoms. The molecule has 0 unspecified atom stereocenters. The van der Waals surface area contributed by atoms with Gasteiger partial charge >= 0.3 is 0 Å². The van der Waals surface area contributed by atoms with E-state index in [9.17, 15) is 14.4 Å². The van der Waals surface area contributed by atoms with E-state index < -0.39 is 0 Å².